The Bertz CT molecular complexity index is 981. The lowest BCUT2D eigenvalue weighted by Gasteiger charge is -2.14. The maximum Gasteiger partial charge on any atom is 0.251 e. The van der Waals surface area contributed by atoms with Crippen molar-refractivity contribution in [3.05, 3.63) is 83.3 Å². The van der Waals surface area contributed by atoms with Crippen LogP contribution in [0.4, 0.5) is 11.4 Å². The second kappa shape index (κ2) is 9.59. The van der Waals surface area contributed by atoms with Gasteiger partial charge in [0.25, 0.3) is 5.91 Å². The molecule has 6 nitrogen and oxygen atoms in total. The molecule has 6 heteroatoms. The van der Waals surface area contributed by atoms with Gasteiger partial charge in [-0.25, -0.2) is 0 Å². The van der Waals surface area contributed by atoms with Gasteiger partial charge in [-0.3, -0.25) is 9.59 Å². The van der Waals surface area contributed by atoms with Crippen molar-refractivity contribution in [2.24, 2.45) is 0 Å². The fourth-order valence-corrected chi connectivity index (χ4v) is 3.02. The number of amides is 2. The zero-order valence-corrected chi connectivity index (χ0v) is 16.6. The van der Waals surface area contributed by atoms with Crippen LogP contribution in [-0.4, -0.2) is 18.4 Å². The molecule has 3 N–H and O–H groups in total. The fraction of sp³-hybridized carbons (Fsp3) is 0.217. The summed E-state index contributed by atoms with van der Waals surface area (Å²) in [6, 6.07) is 16.6. The van der Waals surface area contributed by atoms with Gasteiger partial charge >= 0.3 is 0 Å². The van der Waals surface area contributed by atoms with Gasteiger partial charge < -0.3 is 20.4 Å². The predicted molar refractivity (Wildman–Crippen MR) is 114 cm³/mol. The Hall–Kier alpha value is -3.54. The Morgan fingerprint density at radius 3 is 2.62 bits per heavy atom. The van der Waals surface area contributed by atoms with Crippen molar-refractivity contribution < 1.29 is 14.0 Å². The molecule has 29 heavy (non-hydrogen) atoms. The molecule has 0 fully saturated rings. The minimum absolute atomic E-state index is 0.106. The van der Waals surface area contributed by atoms with E-state index >= 15 is 0 Å². The Morgan fingerprint density at radius 1 is 1.03 bits per heavy atom. The van der Waals surface area contributed by atoms with E-state index in [0.29, 0.717) is 23.6 Å². The topological polar surface area (TPSA) is 83.4 Å². The van der Waals surface area contributed by atoms with Gasteiger partial charge in [0.05, 0.1) is 19.4 Å². The molecule has 2 amide bonds. The SMILES string of the molecule is CCc1cccc(C)c1NC(=O)CNc1cccc(C(=O)NCc2ccco2)c1. The minimum atomic E-state index is -0.206. The molecule has 1 heterocycles. The number of furan rings is 1. The first-order valence-corrected chi connectivity index (χ1v) is 9.59. The second-order valence-electron chi connectivity index (χ2n) is 6.71. The molecule has 0 aliphatic carbocycles. The van der Waals surface area contributed by atoms with Crippen LogP contribution in [0.15, 0.2) is 65.3 Å². The van der Waals surface area contributed by atoms with Gasteiger partial charge in [0.1, 0.15) is 5.76 Å². The Balaban J connectivity index is 1.56. The van der Waals surface area contributed by atoms with Crippen LogP contribution in [0.25, 0.3) is 0 Å². The van der Waals surface area contributed by atoms with Crippen LogP contribution < -0.4 is 16.0 Å². The molecule has 0 saturated heterocycles. The van der Waals surface area contributed by atoms with Gasteiger partial charge in [-0.15, -0.1) is 0 Å². The molecule has 0 bridgehead atoms. The van der Waals surface area contributed by atoms with Crippen LogP contribution in [0.3, 0.4) is 0 Å². The largest absolute Gasteiger partial charge is 0.467 e. The quantitative estimate of drug-likeness (QED) is 0.539. The molecule has 0 radical (unpaired) electrons. The average Bonchev–Trinajstić information content (AvgIpc) is 3.26. The van der Waals surface area contributed by atoms with Crippen molar-refractivity contribution in [1.82, 2.24) is 5.32 Å². The highest BCUT2D eigenvalue weighted by Gasteiger charge is 2.10. The third kappa shape index (κ3) is 5.48. The lowest BCUT2D eigenvalue weighted by molar-refractivity contribution is -0.114. The van der Waals surface area contributed by atoms with Gasteiger partial charge in [-0.2, -0.15) is 0 Å². The first-order valence-electron chi connectivity index (χ1n) is 9.59. The normalized spacial score (nSPS) is 10.4. The first kappa shape index (κ1) is 20.2. The zero-order valence-electron chi connectivity index (χ0n) is 16.6. The van der Waals surface area contributed by atoms with Crippen LogP contribution in [0.5, 0.6) is 0 Å². The lowest BCUT2D eigenvalue weighted by Crippen LogP contribution is -2.24. The molecular weight excluding hydrogens is 366 g/mol. The molecule has 0 saturated carbocycles. The van der Waals surface area contributed by atoms with Gasteiger partial charge in [0.2, 0.25) is 5.91 Å². The van der Waals surface area contributed by atoms with E-state index < -0.39 is 0 Å². The smallest absolute Gasteiger partial charge is 0.251 e. The van der Waals surface area contributed by atoms with E-state index in [-0.39, 0.29) is 18.4 Å². The number of aryl methyl sites for hydroxylation is 2. The number of benzene rings is 2. The number of rotatable bonds is 8. The van der Waals surface area contributed by atoms with Crippen LogP contribution in [0, 0.1) is 6.92 Å². The molecule has 2 aromatic carbocycles. The number of nitrogens with one attached hydrogen (secondary N) is 3. The third-order valence-electron chi connectivity index (χ3n) is 4.59. The van der Waals surface area contributed by atoms with Gasteiger partial charge in [-0.1, -0.05) is 31.2 Å². The van der Waals surface area contributed by atoms with Crippen molar-refractivity contribution in [2.45, 2.75) is 26.8 Å². The summed E-state index contributed by atoms with van der Waals surface area (Å²) >= 11 is 0. The molecule has 0 spiro atoms. The molecule has 0 aliphatic rings. The summed E-state index contributed by atoms with van der Waals surface area (Å²) in [7, 11) is 0. The number of carbonyl (C=O) groups excluding carboxylic acids is 2. The van der Waals surface area contributed by atoms with Gasteiger partial charge in [-0.05, 0) is 54.8 Å². The highest BCUT2D eigenvalue weighted by molar-refractivity contribution is 5.96. The van der Waals surface area contributed by atoms with E-state index in [1.54, 1.807) is 36.6 Å². The minimum Gasteiger partial charge on any atom is -0.467 e. The molecule has 3 aromatic rings. The number of hydrogen-bond acceptors (Lipinski definition) is 4. The monoisotopic (exact) mass is 391 g/mol. The Kier molecular flexibility index (Phi) is 6.68. The molecule has 0 unspecified atom stereocenters. The van der Waals surface area contributed by atoms with Crippen molar-refractivity contribution in [2.75, 3.05) is 17.2 Å². The molecule has 150 valence electrons. The van der Waals surface area contributed by atoms with Crippen molar-refractivity contribution in [3.63, 3.8) is 0 Å². The van der Waals surface area contributed by atoms with Crippen LogP contribution in [0.2, 0.25) is 0 Å². The number of hydrogen-bond donors (Lipinski definition) is 3. The lowest BCUT2D eigenvalue weighted by atomic mass is 10.1. The maximum atomic E-state index is 12.4. The van der Waals surface area contributed by atoms with E-state index in [9.17, 15) is 9.59 Å². The number of para-hydroxylation sites is 1. The Labute approximate surface area is 170 Å². The zero-order chi connectivity index (χ0) is 20.6. The summed E-state index contributed by atoms with van der Waals surface area (Å²) in [5, 5.41) is 8.86. The highest BCUT2D eigenvalue weighted by Crippen LogP contribution is 2.21. The summed E-state index contributed by atoms with van der Waals surface area (Å²) < 4.78 is 5.21. The van der Waals surface area contributed by atoms with E-state index in [1.165, 1.54) is 0 Å². The maximum absolute atomic E-state index is 12.4. The molecule has 1 aromatic heterocycles. The fourth-order valence-electron chi connectivity index (χ4n) is 3.02. The standard InChI is InChI=1S/C23H25N3O3/c1-3-17-8-4-7-16(2)22(17)26-21(27)15-24-19-10-5-9-18(13-19)23(28)25-14-20-11-6-12-29-20/h4-13,24H,3,14-15H2,1-2H3,(H,25,28)(H,26,27). The summed E-state index contributed by atoms with van der Waals surface area (Å²) in [5.74, 6) is 0.343. The highest BCUT2D eigenvalue weighted by atomic mass is 16.3. The van der Waals surface area contributed by atoms with E-state index in [0.717, 1.165) is 23.2 Å². The molecule has 3 rings (SSSR count). The van der Waals surface area contributed by atoms with E-state index in [1.807, 2.05) is 31.2 Å². The first-order chi connectivity index (χ1) is 14.1. The van der Waals surface area contributed by atoms with Crippen LogP contribution >= 0.6 is 0 Å². The van der Waals surface area contributed by atoms with E-state index in [2.05, 4.69) is 22.9 Å². The Morgan fingerprint density at radius 2 is 1.86 bits per heavy atom. The van der Waals surface area contributed by atoms with Gasteiger partial charge in [0.15, 0.2) is 0 Å². The summed E-state index contributed by atoms with van der Waals surface area (Å²) in [4.78, 5) is 24.7. The predicted octanol–water partition coefficient (Wildman–Crippen LogP) is 4.13. The van der Waals surface area contributed by atoms with Crippen LogP contribution in [-0.2, 0) is 17.8 Å². The number of anilines is 2. The summed E-state index contributed by atoms with van der Waals surface area (Å²) in [6.07, 6.45) is 2.41. The molecular formula is C23H25N3O3. The molecule has 0 aliphatic heterocycles. The second-order valence-corrected chi connectivity index (χ2v) is 6.71. The third-order valence-corrected chi connectivity index (χ3v) is 4.59. The molecule has 0 atom stereocenters. The van der Waals surface area contributed by atoms with Crippen molar-refractivity contribution in [1.29, 1.82) is 0 Å². The average molecular weight is 391 g/mol. The van der Waals surface area contributed by atoms with E-state index in [4.69, 9.17) is 4.42 Å². The van der Waals surface area contributed by atoms with Crippen molar-refractivity contribution in [3.8, 4) is 0 Å². The summed E-state index contributed by atoms with van der Waals surface area (Å²) in [6.45, 7) is 4.47. The van der Waals surface area contributed by atoms with Crippen LogP contribution in [0.1, 0.15) is 34.2 Å². The van der Waals surface area contributed by atoms with Gasteiger partial charge in [0, 0.05) is 16.9 Å². The number of carbonyl (C=O) groups is 2. The summed E-state index contributed by atoms with van der Waals surface area (Å²) in [5.41, 5.74) is 4.22. The van der Waals surface area contributed by atoms with Crippen molar-refractivity contribution >= 4 is 23.2 Å².